The molecule has 12 heavy (non-hydrogen) atoms. The van der Waals surface area contributed by atoms with Crippen molar-refractivity contribution in [3.05, 3.63) is 12.7 Å². The number of hydrogen-bond acceptors (Lipinski definition) is 1. The number of hydrogen-bond donors (Lipinski definition) is 0. The largest absolute Gasteiger partial charge is 0.307 e. The molecule has 0 amide bonds. The molecular weight excluding hydrogens is 162 g/mol. The molecule has 0 rings (SSSR count). The monoisotopic (exact) mass is 185 g/mol. The number of nitrogens with zero attached hydrogens (tertiary/aromatic N) is 1. The summed E-state index contributed by atoms with van der Waals surface area (Å²) in [5, 5.41) is 0. The fourth-order valence-electron chi connectivity index (χ4n) is 1.14. The summed E-state index contributed by atoms with van der Waals surface area (Å²) >= 11 is 0. The van der Waals surface area contributed by atoms with Crippen molar-refractivity contribution >= 4 is 8.07 Å². The summed E-state index contributed by atoms with van der Waals surface area (Å²) in [4.78, 5) is 2.39. The zero-order valence-corrected chi connectivity index (χ0v) is 10.1. The minimum Gasteiger partial charge on any atom is -0.307 e. The predicted molar refractivity (Wildman–Crippen MR) is 60.5 cm³/mol. The van der Waals surface area contributed by atoms with E-state index in [4.69, 9.17) is 0 Å². The van der Waals surface area contributed by atoms with Gasteiger partial charge in [0.05, 0.1) is 8.07 Å². The van der Waals surface area contributed by atoms with Crippen molar-refractivity contribution in [3.8, 4) is 0 Å². The molecular formula is C10H23NSi. The van der Waals surface area contributed by atoms with Crippen LogP contribution in [0.4, 0.5) is 0 Å². The maximum atomic E-state index is 3.81. The Kier molecular flexibility index (Phi) is 5.50. The molecule has 0 saturated heterocycles. The van der Waals surface area contributed by atoms with Crippen molar-refractivity contribution in [1.82, 2.24) is 4.90 Å². The predicted octanol–water partition coefficient (Wildman–Crippen LogP) is 2.83. The number of allylic oxidation sites excluding steroid dienone is 1. The molecule has 0 fully saturated rings. The molecule has 0 unspecified atom stereocenters. The third-order valence-corrected chi connectivity index (χ3v) is 5.38. The van der Waals surface area contributed by atoms with Crippen LogP contribution in [0.15, 0.2) is 12.7 Å². The van der Waals surface area contributed by atoms with E-state index in [1.165, 1.54) is 25.2 Å². The van der Waals surface area contributed by atoms with Crippen LogP contribution in [0, 0.1) is 0 Å². The van der Waals surface area contributed by atoms with E-state index >= 15 is 0 Å². The van der Waals surface area contributed by atoms with Gasteiger partial charge in [0.2, 0.25) is 0 Å². The van der Waals surface area contributed by atoms with E-state index < -0.39 is 8.07 Å². The summed E-state index contributed by atoms with van der Waals surface area (Å²) in [6, 6.07) is 2.65. The van der Waals surface area contributed by atoms with Crippen molar-refractivity contribution in [2.45, 2.75) is 32.1 Å². The fraction of sp³-hybridized carbons (Fsp3) is 0.800. The van der Waals surface area contributed by atoms with E-state index in [0.717, 1.165) is 0 Å². The second-order valence-electron chi connectivity index (χ2n) is 4.30. The van der Waals surface area contributed by atoms with E-state index in [-0.39, 0.29) is 0 Å². The standard InChI is InChI=1S/C10H23NSi/c1-6-9-12(4,5)10-8-11(3)7-2/h6H,1,7-10H2,2-5H3. The second kappa shape index (κ2) is 5.54. The molecule has 0 bridgehead atoms. The van der Waals surface area contributed by atoms with E-state index in [1.807, 2.05) is 0 Å². The molecule has 0 aliphatic carbocycles. The van der Waals surface area contributed by atoms with E-state index in [1.54, 1.807) is 0 Å². The third kappa shape index (κ3) is 5.55. The molecule has 0 atom stereocenters. The lowest BCUT2D eigenvalue weighted by Crippen LogP contribution is -2.30. The van der Waals surface area contributed by atoms with Gasteiger partial charge in [0, 0.05) is 0 Å². The van der Waals surface area contributed by atoms with E-state index in [0.29, 0.717) is 0 Å². The molecule has 0 aliphatic heterocycles. The summed E-state index contributed by atoms with van der Waals surface area (Å²) in [6.07, 6.45) is 2.08. The molecule has 0 spiro atoms. The lowest BCUT2D eigenvalue weighted by Gasteiger charge is -2.23. The molecule has 72 valence electrons. The molecule has 0 aliphatic rings. The highest BCUT2D eigenvalue weighted by Gasteiger charge is 2.18. The Balaban J connectivity index is 3.66. The van der Waals surface area contributed by atoms with Crippen LogP contribution in [0.1, 0.15) is 6.92 Å². The number of rotatable bonds is 6. The van der Waals surface area contributed by atoms with E-state index in [2.05, 4.69) is 44.6 Å². The van der Waals surface area contributed by atoms with Gasteiger partial charge >= 0.3 is 0 Å². The fourth-order valence-corrected chi connectivity index (χ4v) is 3.12. The lowest BCUT2D eigenvalue weighted by atomic mass is 10.6. The zero-order valence-electron chi connectivity index (χ0n) is 9.06. The van der Waals surface area contributed by atoms with Crippen molar-refractivity contribution in [3.63, 3.8) is 0 Å². The maximum Gasteiger partial charge on any atom is 0.0523 e. The van der Waals surface area contributed by atoms with Crippen LogP contribution in [-0.2, 0) is 0 Å². The van der Waals surface area contributed by atoms with Crippen molar-refractivity contribution in [2.24, 2.45) is 0 Å². The van der Waals surface area contributed by atoms with Crippen LogP contribution in [0.25, 0.3) is 0 Å². The highest BCUT2D eigenvalue weighted by Crippen LogP contribution is 2.15. The van der Waals surface area contributed by atoms with Crippen LogP contribution in [-0.4, -0.2) is 33.1 Å². The van der Waals surface area contributed by atoms with Gasteiger partial charge in [-0.05, 0) is 32.2 Å². The maximum absolute atomic E-state index is 3.81. The smallest absolute Gasteiger partial charge is 0.0523 e. The zero-order chi connectivity index (χ0) is 9.61. The molecule has 0 saturated carbocycles. The Morgan fingerprint density at radius 3 is 2.42 bits per heavy atom. The average Bonchev–Trinajstić information content (AvgIpc) is 2.00. The Morgan fingerprint density at radius 1 is 1.42 bits per heavy atom. The van der Waals surface area contributed by atoms with Crippen LogP contribution >= 0.6 is 0 Å². The van der Waals surface area contributed by atoms with Crippen LogP contribution in [0.2, 0.25) is 25.2 Å². The van der Waals surface area contributed by atoms with E-state index in [9.17, 15) is 0 Å². The Labute approximate surface area is 78.5 Å². The van der Waals surface area contributed by atoms with Crippen LogP contribution in [0.5, 0.6) is 0 Å². The first-order chi connectivity index (χ1) is 5.52. The first-order valence-electron chi connectivity index (χ1n) is 4.81. The summed E-state index contributed by atoms with van der Waals surface area (Å²) in [5.74, 6) is 0. The quantitative estimate of drug-likeness (QED) is 0.454. The van der Waals surface area contributed by atoms with Gasteiger partial charge in [0.15, 0.2) is 0 Å². The lowest BCUT2D eigenvalue weighted by molar-refractivity contribution is 0.371. The SMILES string of the molecule is C=CC[Si](C)(C)CCN(C)CC. The molecule has 0 radical (unpaired) electrons. The highest BCUT2D eigenvalue weighted by molar-refractivity contribution is 6.77. The van der Waals surface area contributed by atoms with Gasteiger partial charge in [0.1, 0.15) is 0 Å². The summed E-state index contributed by atoms with van der Waals surface area (Å²) in [7, 11) is 1.25. The molecule has 0 N–H and O–H groups in total. The van der Waals surface area contributed by atoms with Crippen LogP contribution < -0.4 is 0 Å². The summed E-state index contributed by atoms with van der Waals surface area (Å²) in [5.41, 5.74) is 0. The van der Waals surface area contributed by atoms with Gasteiger partial charge in [0.25, 0.3) is 0 Å². The highest BCUT2D eigenvalue weighted by atomic mass is 28.3. The Hall–Kier alpha value is -0.0831. The Bertz CT molecular complexity index is 132. The normalized spacial score (nSPS) is 12.1. The Morgan fingerprint density at radius 2 is 2.00 bits per heavy atom. The van der Waals surface area contributed by atoms with Gasteiger partial charge in [-0.25, -0.2) is 0 Å². The first kappa shape index (κ1) is 11.9. The van der Waals surface area contributed by atoms with Gasteiger partial charge in [-0.3, -0.25) is 0 Å². The van der Waals surface area contributed by atoms with Crippen molar-refractivity contribution in [1.29, 1.82) is 0 Å². The van der Waals surface area contributed by atoms with Crippen molar-refractivity contribution in [2.75, 3.05) is 20.1 Å². The molecule has 0 aromatic heterocycles. The molecule has 2 heteroatoms. The summed E-state index contributed by atoms with van der Waals surface area (Å²) < 4.78 is 0. The van der Waals surface area contributed by atoms with Crippen molar-refractivity contribution < 1.29 is 0 Å². The average molecular weight is 185 g/mol. The topological polar surface area (TPSA) is 3.24 Å². The molecule has 0 heterocycles. The molecule has 0 aromatic rings. The first-order valence-corrected chi connectivity index (χ1v) is 8.22. The van der Waals surface area contributed by atoms with Gasteiger partial charge in [-0.2, -0.15) is 0 Å². The van der Waals surface area contributed by atoms with Crippen LogP contribution in [0.3, 0.4) is 0 Å². The molecule has 0 aromatic carbocycles. The second-order valence-corrected chi connectivity index (χ2v) is 9.54. The minimum absolute atomic E-state index is 0.942. The third-order valence-electron chi connectivity index (χ3n) is 2.41. The summed E-state index contributed by atoms with van der Waals surface area (Å²) in [6.45, 7) is 13.3. The molecule has 1 nitrogen and oxygen atoms in total. The van der Waals surface area contributed by atoms with Gasteiger partial charge < -0.3 is 4.90 Å². The van der Waals surface area contributed by atoms with Gasteiger partial charge in [-0.1, -0.05) is 26.1 Å². The van der Waals surface area contributed by atoms with Gasteiger partial charge in [-0.15, -0.1) is 6.58 Å². The minimum atomic E-state index is -0.942.